The number of nitrogen functional groups attached to an aromatic ring is 1. The first-order chi connectivity index (χ1) is 10.6. The van der Waals surface area contributed by atoms with Gasteiger partial charge in [0.1, 0.15) is 5.82 Å². The van der Waals surface area contributed by atoms with E-state index in [2.05, 4.69) is 10.1 Å². The van der Waals surface area contributed by atoms with Crippen molar-refractivity contribution in [1.29, 1.82) is 0 Å². The number of aromatic nitrogens is 3. The molecule has 2 aromatic carbocycles. The number of hydrogen-bond acceptors (Lipinski definition) is 4. The summed E-state index contributed by atoms with van der Waals surface area (Å²) < 4.78 is 14.6. The van der Waals surface area contributed by atoms with E-state index >= 15 is 0 Å². The topological polar surface area (TPSA) is 73.8 Å². The Morgan fingerprint density at radius 1 is 1.14 bits per heavy atom. The Hall–Kier alpha value is -3.02. The van der Waals surface area contributed by atoms with Gasteiger partial charge >= 0.3 is 0 Å². The Labute approximate surface area is 126 Å². The molecule has 5 nitrogen and oxygen atoms in total. The van der Waals surface area contributed by atoms with Crippen molar-refractivity contribution in [3.8, 4) is 11.4 Å². The molecule has 2 N–H and O–H groups in total. The molecule has 110 valence electrons. The fourth-order valence-corrected chi connectivity index (χ4v) is 2.05. The lowest BCUT2D eigenvalue weighted by Crippen LogP contribution is -2.17. The van der Waals surface area contributed by atoms with Gasteiger partial charge in [-0.25, -0.2) is 4.39 Å². The highest BCUT2D eigenvalue weighted by Gasteiger charge is 2.19. The second-order valence-electron chi connectivity index (χ2n) is 4.86. The molecule has 0 radical (unpaired) electrons. The highest BCUT2D eigenvalue weighted by atomic mass is 19.1. The molecule has 22 heavy (non-hydrogen) atoms. The minimum absolute atomic E-state index is 0.0798. The minimum Gasteiger partial charge on any atom is -0.368 e. The molecule has 1 heterocycles. The summed E-state index contributed by atoms with van der Waals surface area (Å²) in [6.45, 7) is 1.96. The third-order valence-corrected chi connectivity index (χ3v) is 3.24. The smallest absolute Gasteiger partial charge is 0.284 e. The monoisotopic (exact) mass is 296 g/mol. The van der Waals surface area contributed by atoms with Crippen molar-refractivity contribution in [2.45, 2.75) is 6.92 Å². The van der Waals surface area contributed by atoms with Crippen molar-refractivity contribution >= 4 is 11.9 Å². The van der Waals surface area contributed by atoms with Crippen LogP contribution in [0.5, 0.6) is 0 Å². The van der Waals surface area contributed by atoms with Crippen LogP contribution in [-0.4, -0.2) is 20.7 Å². The number of carbonyl (C=O) groups excluding carboxylic acids is 1. The third-order valence-electron chi connectivity index (χ3n) is 3.24. The summed E-state index contributed by atoms with van der Waals surface area (Å²) >= 11 is 0. The predicted octanol–water partition coefficient (Wildman–Crippen LogP) is 2.66. The van der Waals surface area contributed by atoms with Crippen LogP contribution in [0.25, 0.3) is 11.4 Å². The number of benzene rings is 2. The Morgan fingerprint density at radius 3 is 2.50 bits per heavy atom. The van der Waals surface area contributed by atoms with Crippen LogP contribution in [-0.2, 0) is 0 Å². The maximum atomic E-state index is 13.7. The molecule has 0 saturated heterocycles. The maximum absolute atomic E-state index is 13.7. The summed E-state index contributed by atoms with van der Waals surface area (Å²) in [4.78, 5) is 16.4. The van der Waals surface area contributed by atoms with E-state index in [-0.39, 0.29) is 11.5 Å². The highest BCUT2D eigenvalue weighted by Crippen LogP contribution is 2.18. The quantitative estimate of drug-likeness (QED) is 0.789. The zero-order valence-electron chi connectivity index (χ0n) is 11.8. The summed E-state index contributed by atoms with van der Waals surface area (Å²) in [5.41, 5.74) is 7.47. The van der Waals surface area contributed by atoms with Crippen LogP contribution in [0.1, 0.15) is 15.9 Å². The number of hydrogen-bond donors (Lipinski definition) is 1. The van der Waals surface area contributed by atoms with E-state index in [9.17, 15) is 9.18 Å². The molecule has 0 aliphatic heterocycles. The molecule has 0 bridgehead atoms. The molecule has 0 aliphatic carbocycles. The van der Waals surface area contributed by atoms with Crippen molar-refractivity contribution in [2.75, 3.05) is 5.73 Å². The number of rotatable bonds is 2. The molecule has 6 heteroatoms. The van der Waals surface area contributed by atoms with Crippen LogP contribution >= 0.6 is 0 Å². The van der Waals surface area contributed by atoms with Gasteiger partial charge in [-0.3, -0.25) is 4.79 Å². The first kappa shape index (κ1) is 13.9. The summed E-state index contributed by atoms with van der Waals surface area (Å²) in [7, 11) is 0. The lowest BCUT2D eigenvalue weighted by molar-refractivity contribution is 0.0944. The lowest BCUT2D eigenvalue weighted by atomic mass is 10.1. The SMILES string of the molecule is Cc1ccc(-c2nc(N)n(C(=O)c3ccccc3F)n2)cc1. The average Bonchev–Trinajstić information content (AvgIpc) is 2.90. The fraction of sp³-hybridized carbons (Fsp3) is 0.0625. The molecule has 1 aromatic heterocycles. The Morgan fingerprint density at radius 2 is 1.82 bits per heavy atom. The van der Waals surface area contributed by atoms with Gasteiger partial charge in [0.25, 0.3) is 5.91 Å². The molecule has 0 saturated carbocycles. The van der Waals surface area contributed by atoms with Crippen LogP contribution < -0.4 is 5.73 Å². The maximum Gasteiger partial charge on any atom is 0.284 e. The third kappa shape index (κ3) is 2.46. The van der Waals surface area contributed by atoms with Gasteiger partial charge < -0.3 is 5.73 Å². The number of aryl methyl sites for hydroxylation is 1. The molecule has 0 amide bonds. The van der Waals surface area contributed by atoms with E-state index < -0.39 is 11.7 Å². The van der Waals surface area contributed by atoms with Gasteiger partial charge in [0.2, 0.25) is 5.95 Å². The van der Waals surface area contributed by atoms with Crippen LogP contribution in [0, 0.1) is 12.7 Å². The van der Waals surface area contributed by atoms with Gasteiger partial charge in [-0.2, -0.15) is 9.67 Å². The van der Waals surface area contributed by atoms with Gasteiger partial charge in [0.05, 0.1) is 5.56 Å². The van der Waals surface area contributed by atoms with Crippen molar-refractivity contribution in [1.82, 2.24) is 14.8 Å². The average molecular weight is 296 g/mol. The van der Waals surface area contributed by atoms with Crippen LogP contribution in [0.15, 0.2) is 48.5 Å². The Balaban J connectivity index is 2.01. The van der Waals surface area contributed by atoms with Crippen LogP contribution in [0.3, 0.4) is 0 Å². The molecule has 3 aromatic rings. The Kier molecular flexibility index (Phi) is 3.42. The first-order valence-electron chi connectivity index (χ1n) is 6.65. The van der Waals surface area contributed by atoms with Gasteiger partial charge in [-0.1, -0.05) is 42.0 Å². The minimum atomic E-state index is -0.651. The number of carbonyl (C=O) groups is 1. The van der Waals surface area contributed by atoms with Crippen molar-refractivity contribution in [2.24, 2.45) is 0 Å². The number of nitrogens with zero attached hydrogens (tertiary/aromatic N) is 3. The second-order valence-corrected chi connectivity index (χ2v) is 4.86. The molecule has 0 unspecified atom stereocenters. The molecule has 3 rings (SSSR count). The standard InChI is InChI=1S/C16H13FN4O/c1-10-6-8-11(9-7-10)14-19-16(18)21(20-14)15(22)12-4-2-3-5-13(12)17/h2-9H,1H3,(H2,18,19,20). The van der Waals surface area contributed by atoms with Crippen molar-refractivity contribution in [3.05, 3.63) is 65.5 Å². The lowest BCUT2D eigenvalue weighted by Gasteiger charge is -2.02. The van der Waals surface area contributed by atoms with E-state index in [1.54, 1.807) is 6.07 Å². The van der Waals surface area contributed by atoms with Crippen molar-refractivity contribution in [3.63, 3.8) is 0 Å². The highest BCUT2D eigenvalue weighted by molar-refractivity contribution is 5.97. The second kappa shape index (κ2) is 5.40. The molecule has 0 spiro atoms. The van der Waals surface area contributed by atoms with E-state index in [0.717, 1.165) is 15.8 Å². The van der Waals surface area contributed by atoms with E-state index in [0.29, 0.717) is 5.82 Å². The molecule has 0 fully saturated rings. The summed E-state index contributed by atoms with van der Waals surface area (Å²) in [5, 5.41) is 4.09. The molecule has 0 atom stereocenters. The largest absolute Gasteiger partial charge is 0.368 e. The van der Waals surface area contributed by atoms with E-state index in [1.807, 2.05) is 31.2 Å². The molecule has 0 aliphatic rings. The molecular formula is C16H13FN4O. The zero-order valence-corrected chi connectivity index (χ0v) is 11.8. The normalized spacial score (nSPS) is 10.6. The summed E-state index contributed by atoms with van der Waals surface area (Å²) in [5.74, 6) is -1.04. The van der Waals surface area contributed by atoms with Gasteiger partial charge in [0, 0.05) is 5.56 Å². The predicted molar refractivity (Wildman–Crippen MR) is 80.7 cm³/mol. The first-order valence-corrected chi connectivity index (χ1v) is 6.65. The zero-order chi connectivity index (χ0) is 15.7. The Bertz CT molecular complexity index is 840. The summed E-state index contributed by atoms with van der Waals surface area (Å²) in [6.07, 6.45) is 0. The number of nitrogens with two attached hydrogens (primary N) is 1. The fourth-order valence-electron chi connectivity index (χ4n) is 2.05. The molecular weight excluding hydrogens is 283 g/mol. The van der Waals surface area contributed by atoms with Gasteiger partial charge in [0.15, 0.2) is 5.82 Å². The van der Waals surface area contributed by atoms with Gasteiger partial charge in [-0.05, 0) is 19.1 Å². The van der Waals surface area contributed by atoms with Crippen LogP contribution in [0.4, 0.5) is 10.3 Å². The van der Waals surface area contributed by atoms with Crippen molar-refractivity contribution < 1.29 is 9.18 Å². The number of halogens is 1. The summed E-state index contributed by atoms with van der Waals surface area (Å²) in [6, 6.07) is 13.2. The number of anilines is 1. The van der Waals surface area contributed by atoms with E-state index in [1.165, 1.54) is 18.2 Å². The van der Waals surface area contributed by atoms with Gasteiger partial charge in [-0.15, -0.1) is 5.10 Å². The van der Waals surface area contributed by atoms with E-state index in [4.69, 9.17) is 5.73 Å². The van der Waals surface area contributed by atoms with Crippen LogP contribution in [0.2, 0.25) is 0 Å².